The summed E-state index contributed by atoms with van der Waals surface area (Å²) in [4.78, 5) is 26.7. The van der Waals surface area contributed by atoms with Gasteiger partial charge in [-0.1, -0.05) is 35.9 Å². The number of carboxylic acid groups (broad SMARTS) is 1. The van der Waals surface area contributed by atoms with Gasteiger partial charge in [0.05, 0.1) is 0 Å². The predicted octanol–water partition coefficient (Wildman–Crippen LogP) is 2.67. The molecule has 0 saturated heterocycles. The zero-order chi connectivity index (χ0) is 18.5. The Bertz CT molecular complexity index is 915. The van der Waals surface area contributed by atoms with Gasteiger partial charge in [0.25, 0.3) is 5.91 Å². The highest BCUT2D eigenvalue weighted by Crippen LogP contribution is 2.19. The number of ether oxygens (including phenoxy) is 1. The van der Waals surface area contributed by atoms with E-state index in [1.54, 1.807) is 18.3 Å². The van der Waals surface area contributed by atoms with Crippen LogP contribution in [0.1, 0.15) is 11.1 Å². The van der Waals surface area contributed by atoms with Gasteiger partial charge in [-0.25, -0.2) is 4.79 Å². The molecule has 2 aromatic carbocycles. The molecule has 1 atom stereocenters. The van der Waals surface area contributed by atoms with E-state index in [9.17, 15) is 14.7 Å². The molecule has 0 saturated carbocycles. The second-order valence-corrected chi connectivity index (χ2v) is 6.12. The molecule has 0 aliphatic carbocycles. The van der Waals surface area contributed by atoms with Crippen molar-refractivity contribution in [1.29, 1.82) is 0 Å². The van der Waals surface area contributed by atoms with Crippen LogP contribution < -0.4 is 10.1 Å². The SMILES string of the molecule is Cc1ccc(OCC(=O)N[C@H](Cc2c[nH]c3ccccc23)C(=O)O)cc1. The van der Waals surface area contributed by atoms with E-state index in [1.165, 1.54) is 0 Å². The summed E-state index contributed by atoms with van der Waals surface area (Å²) in [5.41, 5.74) is 2.86. The lowest BCUT2D eigenvalue weighted by Gasteiger charge is -2.14. The van der Waals surface area contributed by atoms with E-state index in [0.717, 1.165) is 22.0 Å². The molecule has 0 bridgehead atoms. The maximum atomic E-state index is 12.1. The van der Waals surface area contributed by atoms with Crippen molar-refractivity contribution in [1.82, 2.24) is 10.3 Å². The van der Waals surface area contributed by atoms with Crippen LogP contribution in [-0.4, -0.2) is 34.6 Å². The number of aromatic nitrogens is 1. The van der Waals surface area contributed by atoms with Crippen molar-refractivity contribution in [3.05, 3.63) is 65.9 Å². The smallest absolute Gasteiger partial charge is 0.326 e. The number of rotatable bonds is 7. The fraction of sp³-hybridized carbons (Fsp3) is 0.200. The van der Waals surface area contributed by atoms with Crippen LogP contribution in [0, 0.1) is 6.92 Å². The van der Waals surface area contributed by atoms with Gasteiger partial charge in [-0.3, -0.25) is 4.79 Å². The van der Waals surface area contributed by atoms with Crippen LogP contribution in [-0.2, 0) is 16.0 Å². The number of carbonyl (C=O) groups excluding carboxylic acids is 1. The molecule has 1 heterocycles. The number of H-pyrrole nitrogens is 1. The topological polar surface area (TPSA) is 91.4 Å². The minimum absolute atomic E-state index is 0.190. The Morgan fingerprint density at radius 3 is 2.62 bits per heavy atom. The molecule has 0 fully saturated rings. The highest BCUT2D eigenvalue weighted by atomic mass is 16.5. The van der Waals surface area contributed by atoms with Crippen molar-refractivity contribution in [3.63, 3.8) is 0 Å². The molecule has 6 nitrogen and oxygen atoms in total. The first-order valence-corrected chi connectivity index (χ1v) is 8.29. The number of aromatic amines is 1. The van der Waals surface area contributed by atoms with Gasteiger partial charge in [0.1, 0.15) is 11.8 Å². The number of carbonyl (C=O) groups is 2. The average molecular weight is 352 g/mol. The van der Waals surface area contributed by atoms with Gasteiger partial charge in [0.2, 0.25) is 0 Å². The Morgan fingerprint density at radius 1 is 1.15 bits per heavy atom. The number of hydrogen-bond acceptors (Lipinski definition) is 3. The summed E-state index contributed by atoms with van der Waals surface area (Å²) in [6.45, 7) is 1.72. The van der Waals surface area contributed by atoms with Crippen LogP contribution in [0.15, 0.2) is 54.7 Å². The van der Waals surface area contributed by atoms with E-state index in [2.05, 4.69) is 10.3 Å². The molecule has 3 rings (SSSR count). The lowest BCUT2D eigenvalue weighted by atomic mass is 10.1. The Morgan fingerprint density at radius 2 is 1.88 bits per heavy atom. The van der Waals surface area contributed by atoms with Crippen LogP contribution in [0.4, 0.5) is 0 Å². The van der Waals surface area contributed by atoms with Crippen molar-refractivity contribution in [2.24, 2.45) is 0 Å². The third-order valence-corrected chi connectivity index (χ3v) is 4.12. The zero-order valence-electron chi connectivity index (χ0n) is 14.4. The molecular weight excluding hydrogens is 332 g/mol. The normalized spacial score (nSPS) is 11.9. The van der Waals surface area contributed by atoms with Crippen molar-refractivity contribution in [3.8, 4) is 5.75 Å². The molecule has 0 radical (unpaired) electrons. The number of aliphatic carboxylic acids is 1. The molecule has 0 aliphatic heterocycles. The molecule has 6 heteroatoms. The van der Waals surface area contributed by atoms with Gasteiger partial charge in [0, 0.05) is 23.5 Å². The predicted molar refractivity (Wildman–Crippen MR) is 98.2 cm³/mol. The van der Waals surface area contributed by atoms with Gasteiger partial charge >= 0.3 is 5.97 Å². The molecular formula is C20H20N2O4. The van der Waals surface area contributed by atoms with Crippen LogP contribution in [0.25, 0.3) is 10.9 Å². The Balaban J connectivity index is 1.62. The van der Waals surface area contributed by atoms with Gasteiger partial charge in [0.15, 0.2) is 6.61 Å². The number of para-hydroxylation sites is 1. The molecule has 0 unspecified atom stereocenters. The van der Waals surface area contributed by atoms with E-state index in [1.807, 2.05) is 43.3 Å². The second kappa shape index (κ2) is 7.74. The third kappa shape index (κ3) is 4.22. The average Bonchev–Trinajstić information content (AvgIpc) is 3.04. The first kappa shape index (κ1) is 17.5. The van der Waals surface area contributed by atoms with Crippen molar-refractivity contribution < 1.29 is 19.4 Å². The number of benzene rings is 2. The summed E-state index contributed by atoms with van der Waals surface area (Å²) < 4.78 is 5.40. The van der Waals surface area contributed by atoms with E-state index in [4.69, 9.17) is 4.74 Å². The molecule has 1 aromatic heterocycles. The molecule has 0 aliphatic rings. The monoisotopic (exact) mass is 352 g/mol. The number of carboxylic acids is 1. The largest absolute Gasteiger partial charge is 0.484 e. The minimum Gasteiger partial charge on any atom is -0.484 e. The molecule has 3 aromatic rings. The number of aryl methyl sites for hydroxylation is 1. The van der Waals surface area contributed by atoms with Crippen LogP contribution in [0.3, 0.4) is 0 Å². The lowest BCUT2D eigenvalue weighted by Crippen LogP contribution is -2.44. The first-order chi connectivity index (χ1) is 12.5. The van der Waals surface area contributed by atoms with Crippen LogP contribution in [0.2, 0.25) is 0 Å². The second-order valence-electron chi connectivity index (χ2n) is 6.12. The van der Waals surface area contributed by atoms with Gasteiger partial charge in [-0.15, -0.1) is 0 Å². The minimum atomic E-state index is -1.08. The number of nitrogens with one attached hydrogen (secondary N) is 2. The molecule has 1 amide bonds. The quantitative estimate of drug-likeness (QED) is 0.610. The summed E-state index contributed by atoms with van der Waals surface area (Å²) >= 11 is 0. The summed E-state index contributed by atoms with van der Waals surface area (Å²) in [6, 6.07) is 13.9. The van der Waals surface area contributed by atoms with Gasteiger partial charge < -0.3 is 20.1 Å². The number of hydrogen-bond donors (Lipinski definition) is 3. The first-order valence-electron chi connectivity index (χ1n) is 8.29. The van der Waals surface area contributed by atoms with Crippen molar-refractivity contribution in [2.75, 3.05) is 6.61 Å². The van der Waals surface area contributed by atoms with Crippen LogP contribution in [0.5, 0.6) is 5.75 Å². The highest BCUT2D eigenvalue weighted by Gasteiger charge is 2.22. The van der Waals surface area contributed by atoms with E-state index in [-0.39, 0.29) is 13.0 Å². The van der Waals surface area contributed by atoms with Crippen LogP contribution >= 0.6 is 0 Å². The molecule has 0 spiro atoms. The van der Waals surface area contributed by atoms with E-state index >= 15 is 0 Å². The summed E-state index contributed by atoms with van der Waals surface area (Å²) in [5, 5.41) is 12.9. The molecule has 3 N–H and O–H groups in total. The van der Waals surface area contributed by atoms with Gasteiger partial charge in [-0.2, -0.15) is 0 Å². The summed E-state index contributed by atoms with van der Waals surface area (Å²) in [7, 11) is 0. The maximum absolute atomic E-state index is 12.1. The Labute approximate surface area is 150 Å². The summed E-state index contributed by atoms with van der Waals surface area (Å²) in [6.07, 6.45) is 1.96. The lowest BCUT2D eigenvalue weighted by molar-refractivity contribution is -0.142. The van der Waals surface area contributed by atoms with E-state index < -0.39 is 17.9 Å². The fourth-order valence-electron chi connectivity index (χ4n) is 2.74. The van der Waals surface area contributed by atoms with E-state index in [0.29, 0.717) is 5.75 Å². The molecule has 26 heavy (non-hydrogen) atoms. The number of amides is 1. The maximum Gasteiger partial charge on any atom is 0.326 e. The standard InChI is InChI=1S/C20H20N2O4/c1-13-6-8-15(9-7-13)26-12-19(23)22-18(20(24)25)10-14-11-21-17-5-3-2-4-16(14)17/h2-9,11,18,21H,10,12H2,1H3,(H,22,23)(H,24,25)/t18-/m1/s1. The Hall–Kier alpha value is -3.28. The van der Waals surface area contributed by atoms with Gasteiger partial charge in [-0.05, 0) is 30.7 Å². The zero-order valence-corrected chi connectivity index (χ0v) is 14.4. The highest BCUT2D eigenvalue weighted by molar-refractivity contribution is 5.87. The molecule has 134 valence electrons. The van der Waals surface area contributed by atoms with Crippen molar-refractivity contribution >= 4 is 22.8 Å². The third-order valence-electron chi connectivity index (χ3n) is 4.12. The van der Waals surface area contributed by atoms with Crippen molar-refractivity contribution in [2.45, 2.75) is 19.4 Å². The number of fused-ring (bicyclic) bond motifs is 1. The fourth-order valence-corrected chi connectivity index (χ4v) is 2.74. The Kier molecular flexibility index (Phi) is 5.22. The summed E-state index contributed by atoms with van der Waals surface area (Å²) in [5.74, 6) is -0.994.